The predicted octanol–water partition coefficient (Wildman–Crippen LogP) is 3.17. The van der Waals surface area contributed by atoms with Crippen LogP contribution in [0.15, 0.2) is 30.3 Å². The average molecular weight is 283 g/mol. The van der Waals surface area contributed by atoms with E-state index in [2.05, 4.69) is 12.2 Å². The first kappa shape index (κ1) is 15.8. The van der Waals surface area contributed by atoms with Gasteiger partial charge in [0.2, 0.25) is 5.91 Å². The van der Waals surface area contributed by atoms with Gasteiger partial charge < -0.3 is 10.2 Å². The second-order valence-corrected chi connectivity index (χ2v) is 4.95. The van der Waals surface area contributed by atoms with Crippen LogP contribution in [-0.4, -0.2) is 30.4 Å². The second kappa shape index (κ2) is 8.05. The van der Waals surface area contributed by atoms with E-state index in [9.17, 15) is 4.79 Å². The average Bonchev–Trinajstić information content (AvgIpc) is 2.46. The molecule has 0 spiro atoms. The number of piperidine rings is 1. The van der Waals surface area contributed by atoms with E-state index in [4.69, 9.17) is 0 Å². The van der Waals surface area contributed by atoms with Crippen molar-refractivity contribution in [3.8, 4) is 0 Å². The number of carbonyl (C=O) groups is 1. The zero-order valence-electron chi connectivity index (χ0n) is 11.5. The standard InChI is InChI=1S/C15H22N2O.ClH/c1-2-13-8-10-17(11-9-13)15(18)12-16-14-6-4-3-5-7-14;/h3-7,13,16H,2,8-12H2,1H3;1H. The normalized spacial score (nSPS) is 15.7. The van der Waals surface area contributed by atoms with E-state index in [1.807, 2.05) is 35.2 Å². The number of benzene rings is 1. The van der Waals surface area contributed by atoms with Crippen LogP contribution in [-0.2, 0) is 4.79 Å². The quantitative estimate of drug-likeness (QED) is 0.920. The molecule has 0 saturated carbocycles. The highest BCUT2D eigenvalue weighted by Gasteiger charge is 2.21. The van der Waals surface area contributed by atoms with Crippen LogP contribution in [0.2, 0.25) is 0 Å². The molecule has 1 amide bonds. The maximum absolute atomic E-state index is 12.0. The molecule has 1 N–H and O–H groups in total. The van der Waals surface area contributed by atoms with Crippen molar-refractivity contribution in [3.05, 3.63) is 30.3 Å². The van der Waals surface area contributed by atoms with Gasteiger partial charge in [0.15, 0.2) is 0 Å². The second-order valence-electron chi connectivity index (χ2n) is 4.95. The Balaban J connectivity index is 0.00000180. The first-order valence-corrected chi connectivity index (χ1v) is 6.86. The molecule has 0 unspecified atom stereocenters. The van der Waals surface area contributed by atoms with Crippen LogP contribution in [0.4, 0.5) is 5.69 Å². The van der Waals surface area contributed by atoms with Crippen molar-refractivity contribution in [1.82, 2.24) is 4.90 Å². The zero-order valence-corrected chi connectivity index (χ0v) is 12.3. The summed E-state index contributed by atoms with van der Waals surface area (Å²) in [4.78, 5) is 14.0. The summed E-state index contributed by atoms with van der Waals surface area (Å²) in [5.41, 5.74) is 1.01. The Morgan fingerprint density at radius 2 is 1.89 bits per heavy atom. The van der Waals surface area contributed by atoms with Crippen molar-refractivity contribution < 1.29 is 4.79 Å². The van der Waals surface area contributed by atoms with Crippen LogP contribution >= 0.6 is 12.4 Å². The predicted molar refractivity (Wildman–Crippen MR) is 81.8 cm³/mol. The minimum atomic E-state index is 0. The van der Waals surface area contributed by atoms with Gasteiger partial charge in [-0.25, -0.2) is 0 Å². The van der Waals surface area contributed by atoms with Gasteiger partial charge in [0, 0.05) is 18.8 Å². The van der Waals surface area contributed by atoms with Crippen molar-refractivity contribution in [2.24, 2.45) is 5.92 Å². The lowest BCUT2D eigenvalue weighted by Gasteiger charge is -2.31. The number of amides is 1. The van der Waals surface area contributed by atoms with Gasteiger partial charge in [-0.05, 0) is 30.9 Å². The molecule has 0 atom stereocenters. The van der Waals surface area contributed by atoms with E-state index in [0.29, 0.717) is 6.54 Å². The van der Waals surface area contributed by atoms with E-state index in [0.717, 1.165) is 37.5 Å². The summed E-state index contributed by atoms with van der Waals surface area (Å²) in [6, 6.07) is 9.88. The number of likely N-dealkylation sites (tertiary alicyclic amines) is 1. The van der Waals surface area contributed by atoms with Gasteiger partial charge in [-0.2, -0.15) is 0 Å². The molecule has 1 aromatic carbocycles. The van der Waals surface area contributed by atoms with Crippen LogP contribution < -0.4 is 5.32 Å². The lowest BCUT2D eigenvalue weighted by atomic mass is 9.94. The molecule has 1 saturated heterocycles. The highest BCUT2D eigenvalue weighted by atomic mass is 35.5. The molecule has 0 radical (unpaired) electrons. The summed E-state index contributed by atoms with van der Waals surface area (Å²) in [6.07, 6.45) is 3.56. The number of para-hydroxylation sites is 1. The molecular weight excluding hydrogens is 260 g/mol. The monoisotopic (exact) mass is 282 g/mol. The van der Waals surface area contributed by atoms with Gasteiger partial charge in [-0.1, -0.05) is 31.5 Å². The highest BCUT2D eigenvalue weighted by Crippen LogP contribution is 2.19. The Morgan fingerprint density at radius 3 is 2.47 bits per heavy atom. The summed E-state index contributed by atoms with van der Waals surface area (Å²) in [5.74, 6) is 1.03. The molecule has 0 aliphatic carbocycles. The lowest BCUT2D eigenvalue weighted by Crippen LogP contribution is -2.41. The minimum absolute atomic E-state index is 0. The molecule has 0 aromatic heterocycles. The zero-order chi connectivity index (χ0) is 12.8. The van der Waals surface area contributed by atoms with Gasteiger partial charge in [-0.3, -0.25) is 4.79 Å². The number of hydrogen-bond acceptors (Lipinski definition) is 2. The van der Waals surface area contributed by atoms with Gasteiger partial charge in [0.25, 0.3) is 0 Å². The van der Waals surface area contributed by atoms with Gasteiger partial charge >= 0.3 is 0 Å². The summed E-state index contributed by atoms with van der Waals surface area (Å²) in [5, 5.41) is 3.18. The number of hydrogen-bond donors (Lipinski definition) is 1. The van der Waals surface area contributed by atoms with E-state index in [1.54, 1.807) is 0 Å². The molecule has 1 aliphatic heterocycles. The van der Waals surface area contributed by atoms with E-state index in [1.165, 1.54) is 6.42 Å². The molecule has 0 bridgehead atoms. The maximum Gasteiger partial charge on any atom is 0.241 e. The maximum atomic E-state index is 12.0. The lowest BCUT2D eigenvalue weighted by molar-refractivity contribution is -0.130. The first-order valence-electron chi connectivity index (χ1n) is 6.86. The van der Waals surface area contributed by atoms with Gasteiger partial charge in [0.1, 0.15) is 0 Å². The van der Waals surface area contributed by atoms with Crippen LogP contribution in [0.5, 0.6) is 0 Å². The third-order valence-corrected chi connectivity index (χ3v) is 3.76. The van der Waals surface area contributed by atoms with Crippen molar-refractivity contribution >= 4 is 24.0 Å². The topological polar surface area (TPSA) is 32.3 Å². The van der Waals surface area contributed by atoms with Crippen molar-refractivity contribution in [1.29, 1.82) is 0 Å². The molecule has 2 rings (SSSR count). The van der Waals surface area contributed by atoms with Crippen LogP contribution in [0, 0.1) is 5.92 Å². The number of carbonyl (C=O) groups excluding carboxylic acids is 1. The Bertz CT molecular complexity index is 375. The minimum Gasteiger partial charge on any atom is -0.376 e. The van der Waals surface area contributed by atoms with E-state index >= 15 is 0 Å². The molecular formula is C15H23ClN2O. The largest absolute Gasteiger partial charge is 0.376 e. The molecule has 4 heteroatoms. The fraction of sp³-hybridized carbons (Fsp3) is 0.533. The summed E-state index contributed by atoms with van der Waals surface area (Å²) in [7, 11) is 0. The summed E-state index contributed by atoms with van der Waals surface area (Å²) >= 11 is 0. The van der Waals surface area contributed by atoms with Crippen LogP contribution in [0.1, 0.15) is 26.2 Å². The van der Waals surface area contributed by atoms with E-state index in [-0.39, 0.29) is 18.3 Å². The van der Waals surface area contributed by atoms with Crippen LogP contribution in [0.25, 0.3) is 0 Å². The molecule has 1 aromatic rings. The fourth-order valence-corrected chi connectivity index (χ4v) is 2.44. The Hall–Kier alpha value is -1.22. The number of halogens is 1. The van der Waals surface area contributed by atoms with Crippen molar-refractivity contribution in [2.75, 3.05) is 25.0 Å². The third-order valence-electron chi connectivity index (χ3n) is 3.76. The Labute approximate surface area is 121 Å². The van der Waals surface area contributed by atoms with Crippen molar-refractivity contribution in [3.63, 3.8) is 0 Å². The van der Waals surface area contributed by atoms with Gasteiger partial charge in [-0.15, -0.1) is 12.4 Å². The third kappa shape index (κ3) is 4.75. The molecule has 19 heavy (non-hydrogen) atoms. The van der Waals surface area contributed by atoms with Gasteiger partial charge in [0.05, 0.1) is 6.54 Å². The number of nitrogens with one attached hydrogen (secondary N) is 1. The molecule has 3 nitrogen and oxygen atoms in total. The fourth-order valence-electron chi connectivity index (χ4n) is 2.44. The Kier molecular flexibility index (Phi) is 6.71. The number of nitrogens with zero attached hydrogens (tertiary/aromatic N) is 1. The number of anilines is 1. The molecule has 1 aliphatic rings. The molecule has 1 fully saturated rings. The van der Waals surface area contributed by atoms with E-state index < -0.39 is 0 Å². The van der Waals surface area contributed by atoms with Crippen molar-refractivity contribution in [2.45, 2.75) is 26.2 Å². The molecule has 1 heterocycles. The summed E-state index contributed by atoms with van der Waals surface area (Å²) in [6.45, 7) is 4.49. The SMILES string of the molecule is CCC1CCN(C(=O)CNc2ccccc2)CC1.Cl. The number of rotatable bonds is 4. The molecule has 106 valence electrons. The Morgan fingerprint density at radius 1 is 1.26 bits per heavy atom. The highest BCUT2D eigenvalue weighted by molar-refractivity contribution is 5.85. The summed E-state index contributed by atoms with van der Waals surface area (Å²) < 4.78 is 0. The first-order chi connectivity index (χ1) is 8.79. The smallest absolute Gasteiger partial charge is 0.241 e. The van der Waals surface area contributed by atoms with Crippen LogP contribution in [0.3, 0.4) is 0 Å².